The lowest BCUT2D eigenvalue weighted by Crippen LogP contribution is -2.37. The number of hydrogen-bond donors (Lipinski definition) is 4. The smallest absolute Gasteiger partial charge is 0.490 e. The first-order valence-corrected chi connectivity index (χ1v) is 10.0. The number of phenolic OH excluding ortho intramolecular Hbond substituents is 1. The minimum absolute atomic E-state index is 0.0891. The van der Waals surface area contributed by atoms with Crippen LogP contribution in [0.2, 0.25) is 10.0 Å². The zero-order valence-electron chi connectivity index (χ0n) is 15.2. The number of piperidine rings is 1. The molecular weight excluding hydrogens is 470 g/mol. The van der Waals surface area contributed by atoms with Crippen molar-refractivity contribution in [1.82, 2.24) is 10.2 Å². The number of carboxylic acid groups (broad SMARTS) is 1. The van der Waals surface area contributed by atoms with Crippen LogP contribution in [0.25, 0.3) is 0 Å². The first kappa shape index (κ1) is 24.3. The van der Waals surface area contributed by atoms with Crippen molar-refractivity contribution in [2.75, 3.05) is 23.7 Å². The largest absolute Gasteiger partial charge is 0.508 e. The number of phenols is 1. The second kappa shape index (κ2) is 9.86. The molecule has 30 heavy (non-hydrogen) atoms. The van der Waals surface area contributed by atoms with Gasteiger partial charge in [-0.2, -0.15) is 13.2 Å². The predicted octanol–water partition coefficient (Wildman–Crippen LogP) is 3.68. The number of aliphatic carboxylic acids is 1. The molecule has 1 aromatic heterocycles. The molecule has 1 fully saturated rings. The highest BCUT2D eigenvalue weighted by atomic mass is 35.5. The van der Waals surface area contributed by atoms with Crippen LogP contribution in [-0.4, -0.2) is 45.6 Å². The summed E-state index contributed by atoms with van der Waals surface area (Å²) >= 11 is 13.3. The normalized spacial score (nSPS) is 16.0. The van der Waals surface area contributed by atoms with Crippen molar-refractivity contribution < 1.29 is 28.2 Å². The second-order valence-electron chi connectivity index (χ2n) is 6.40. The van der Waals surface area contributed by atoms with E-state index in [1.807, 2.05) is 0 Å². The molecule has 6 N–H and O–H groups in total. The predicted molar refractivity (Wildman–Crippen MR) is 108 cm³/mol. The molecule has 0 spiro atoms. The van der Waals surface area contributed by atoms with Gasteiger partial charge >= 0.3 is 12.1 Å². The van der Waals surface area contributed by atoms with Crippen LogP contribution in [0.15, 0.2) is 12.1 Å². The number of hydrogen-bond acceptors (Lipinski definition) is 8. The van der Waals surface area contributed by atoms with Crippen molar-refractivity contribution in [3.63, 3.8) is 0 Å². The maximum absolute atomic E-state index is 10.6. The maximum Gasteiger partial charge on any atom is 0.490 e. The average molecular weight is 488 g/mol. The average Bonchev–Trinajstić information content (AvgIpc) is 3.10. The molecule has 1 saturated heterocycles. The lowest BCUT2D eigenvalue weighted by molar-refractivity contribution is -0.192. The molecule has 1 atom stereocenters. The first-order chi connectivity index (χ1) is 13.9. The van der Waals surface area contributed by atoms with E-state index in [0.29, 0.717) is 20.7 Å². The quantitative estimate of drug-likeness (QED) is 0.513. The first-order valence-electron chi connectivity index (χ1n) is 8.47. The Bertz CT molecular complexity index is 891. The van der Waals surface area contributed by atoms with Crippen LogP contribution in [0.5, 0.6) is 5.75 Å². The number of nitrogens with two attached hydrogens (primary N) is 2. The minimum atomic E-state index is -5.08. The number of aromatic nitrogens is 2. The van der Waals surface area contributed by atoms with Crippen LogP contribution in [0.1, 0.15) is 24.4 Å². The summed E-state index contributed by atoms with van der Waals surface area (Å²) in [6.45, 7) is 1.66. The Kier molecular flexibility index (Phi) is 7.97. The molecule has 2 heterocycles. The zero-order valence-corrected chi connectivity index (χ0v) is 17.6. The fraction of sp³-hybridized carbons (Fsp3) is 0.438. The molecule has 0 amide bonds. The Balaban J connectivity index is 0.000000396. The summed E-state index contributed by atoms with van der Waals surface area (Å²) < 4.78 is 31.7. The van der Waals surface area contributed by atoms with Crippen molar-refractivity contribution in [3.8, 4) is 5.75 Å². The van der Waals surface area contributed by atoms with Gasteiger partial charge in [0, 0.05) is 30.8 Å². The van der Waals surface area contributed by atoms with E-state index in [9.17, 15) is 18.3 Å². The molecule has 8 nitrogen and oxygen atoms in total. The van der Waals surface area contributed by atoms with Gasteiger partial charge in [-0.05, 0) is 24.8 Å². The number of nitrogens with zero attached hydrogens (tertiary/aromatic N) is 3. The summed E-state index contributed by atoms with van der Waals surface area (Å²) in [5.41, 5.74) is 12.6. The van der Waals surface area contributed by atoms with Crippen molar-refractivity contribution >= 4 is 50.8 Å². The van der Waals surface area contributed by atoms with Gasteiger partial charge < -0.3 is 26.6 Å². The van der Waals surface area contributed by atoms with E-state index in [0.717, 1.165) is 31.1 Å². The maximum atomic E-state index is 10.6. The number of aromatic hydroxyl groups is 1. The van der Waals surface area contributed by atoms with Crippen molar-refractivity contribution in [2.24, 2.45) is 11.7 Å². The van der Waals surface area contributed by atoms with Crippen LogP contribution in [0.4, 0.5) is 23.4 Å². The molecule has 1 unspecified atom stereocenters. The number of anilines is 2. The van der Waals surface area contributed by atoms with E-state index in [1.165, 1.54) is 17.4 Å². The Hall–Kier alpha value is -2.02. The van der Waals surface area contributed by atoms with E-state index in [2.05, 4.69) is 15.1 Å². The molecular formula is C16H18Cl2F3N5O3S. The Labute approximate surface area is 183 Å². The molecule has 2 aromatic rings. The molecule has 0 bridgehead atoms. The number of alkyl halides is 3. The van der Waals surface area contributed by atoms with Gasteiger partial charge in [0.25, 0.3) is 0 Å². The number of carbonyl (C=O) groups is 1. The van der Waals surface area contributed by atoms with Crippen molar-refractivity contribution in [2.45, 2.75) is 25.1 Å². The van der Waals surface area contributed by atoms with Crippen LogP contribution in [0, 0.1) is 5.92 Å². The molecule has 1 aliphatic heterocycles. The van der Waals surface area contributed by atoms with Crippen LogP contribution in [0.3, 0.4) is 0 Å². The Morgan fingerprint density at radius 1 is 1.23 bits per heavy atom. The summed E-state index contributed by atoms with van der Waals surface area (Å²) in [7, 11) is 0. The molecule has 0 saturated carbocycles. The van der Waals surface area contributed by atoms with Gasteiger partial charge in [-0.1, -0.05) is 34.5 Å². The minimum Gasteiger partial charge on any atom is -0.508 e. The lowest BCUT2D eigenvalue weighted by atomic mass is 9.86. The van der Waals surface area contributed by atoms with Crippen molar-refractivity contribution in [1.29, 1.82) is 0 Å². The summed E-state index contributed by atoms with van der Waals surface area (Å²) in [6, 6.07) is 2.81. The highest BCUT2D eigenvalue weighted by Gasteiger charge is 2.38. The summed E-state index contributed by atoms with van der Waals surface area (Å²) in [4.78, 5) is 11.1. The van der Waals surface area contributed by atoms with Gasteiger partial charge in [-0.3, -0.25) is 0 Å². The second-order valence-corrected chi connectivity index (χ2v) is 8.20. The molecule has 0 aliphatic carbocycles. The van der Waals surface area contributed by atoms with Crippen LogP contribution >= 0.6 is 34.5 Å². The number of rotatable bonds is 3. The van der Waals surface area contributed by atoms with E-state index in [-0.39, 0.29) is 17.7 Å². The third kappa shape index (κ3) is 6.24. The lowest BCUT2D eigenvalue weighted by Gasteiger charge is -2.34. The van der Waals surface area contributed by atoms with Gasteiger partial charge in [-0.25, -0.2) is 4.79 Å². The van der Waals surface area contributed by atoms with Crippen LogP contribution < -0.4 is 16.4 Å². The van der Waals surface area contributed by atoms with E-state index < -0.39 is 12.1 Å². The number of nitrogen functional groups attached to an aromatic ring is 1. The summed E-state index contributed by atoms with van der Waals surface area (Å²) in [5, 5.41) is 27.2. The number of benzene rings is 1. The third-order valence-corrected chi connectivity index (χ3v) is 5.95. The van der Waals surface area contributed by atoms with Crippen LogP contribution in [-0.2, 0) is 4.79 Å². The fourth-order valence-corrected chi connectivity index (χ4v) is 3.87. The molecule has 14 heteroatoms. The molecule has 1 aromatic carbocycles. The Morgan fingerprint density at radius 2 is 1.77 bits per heavy atom. The van der Waals surface area contributed by atoms with E-state index in [1.54, 1.807) is 6.07 Å². The van der Waals surface area contributed by atoms with E-state index >= 15 is 0 Å². The number of carboxylic acids is 1. The summed E-state index contributed by atoms with van der Waals surface area (Å²) in [5.74, 6) is -2.42. The van der Waals surface area contributed by atoms with Gasteiger partial charge in [0.2, 0.25) is 10.3 Å². The van der Waals surface area contributed by atoms with Gasteiger partial charge in [-0.15, -0.1) is 10.2 Å². The Morgan fingerprint density at radius 3 is 2.23 bits per heavy atom. The SMILES string of the molecule is Nc1nnc(N2CCC(C(N)c3cc(Cl)c(Cl)cc3O)CC2)s1.O=C(O)C(F)(F)F. The highest BCUT2D eigenvalue weighted by molar-refractivity contribution is 7.18. The topological polar surface area (TPSA) is 139 Å². The molecule has 166 valence electrons. The van der Waals surface area contributed by atoms with Crippen molar-refractivity contribution in [3.05, 3.63) is 27.7 Å². The monoisotopic (exact) mass is 487 g/mol. The van der Waals surface area contributed by atoms with Gasteiger partial charge in [0.15, 0.2) is 0 Å². The third-order valence-electron chi connectivity index (χ3n) is 4.42. The fourth-order valence-electron chi connectivity index (χ4n) is 2.88. The standard InChI is InChI=1S/C14H17Cl2N5OS.C2HF3O2/c15-9-5-8(11(22)6-10(9)16)12(17)7-1-3-21(4-2-7)14-20-19-13(18)23-14;3-2(4,5)1(6)7/h5-7,12,22H,1-4,17H2,(H2,18,19);(H,6,7). The highest BCUT2D eigenvalue weighted by Crippen LogP contribution is 2.38. The number of halogens is 5. The van der Waals surface area contributed by atoms with Gasteiger partial charge in [0.05, 0.1) is 10.0 Å². The molecule has 3 rings (SSSR count). The molecule has 0 radical (unpaired) electrons. The summed E-state index contributed by atoms with van der Waals surface area (Å²) in [6.07, 6.45) is -3.30. The molecule has 1 aliphatic rings. The van der Waals surface area contributed by atoms with E-state index in [4.69, 9.17) is 44.6 Å². The zero-order chi connectivity index (χ0) is 22.6. The van der Waals surface area contributed by atoms with Gasteiger partial charge in [0.1, 0.15) is 5.75 Å².